The van der Waals surface area contributed by atoms with Crippen molar-refractivity contribution < 1.29 is 32.2 Å². The molecule has 0 radical (unpaired) electrons. The van der Waals surface area contributed by atoms with Gasteiger partial charge in [-0.1, -0.05) is 38.1 Å². The predicted octanol–water partition coefficient (Wildman–Crippen LogP) is 5.05. The number of amides is 1. The molecule has 1 amide bonds. The number of carbonyl (C=O) groups is 2. The van der Waals surface area contributed by atoms with Gasteiger partial charge in [0.2, 0.25) is 10.0 Å². The molecule has 0 bridgehead atoms. The van der Waals surface area contributed by atoms with Crippen molar-refractivity contribution >= 4 is 38.5 Å². The van der Waals surface area contributed by atoms with E-state index < -0.39 is 28.5 Å². The van der Waals surface area contributed by atoms with Crippen LogP contribution in [0, 0.1) is 6.92 Å². The molecule has 42 heavy (non-hydrogen) atoms. The van der Waals surface area contributed by atoms with Crippen molar-refractivity contribution in [1.82, 2.24) is 9.29 Å². The second-order valence-electron chi connectivity index (χ2n) is 9.34. The predicted molar refractivity (Wildman–Crippen MR) is 160 cm³/mol. The topological polar surface area (TPSA) is 124 Å². The van der Waals surface area contributed by atoms with Gasteiger partial charge in [0.05, 0.1) is 35.9 Å². The van der Waals surface area contributed by atoms with Gasteiger partial charge in [-0.3, -0.25) is 4.79 Å². The molecule has 0 saturated carbocycles. The summed E-state index contributed by atoms with van der Waals surface area (Å²) in [6.45, 7) is 5.29. The average Bonchev–Trinajstić information content (AvgIpc) is 3.00. The summed E-state index contributed by atoms with van der Waals surface area (Å²) < 4.78 is 43.6. The number of hydrogen-bond acceptors (Lipinski definition) is 8. The third-order valence-electron chi connectivity index (χ3n) is 6.74. The Balaban J connectivity index is 1.55. The minimum atomic E-state index is -3.73. The third kappa shape index (κ3) is 6.37. The molecule has 0 aliphatic heterocycles. The number of fused-ring (bicyclic) bond motifs is 1. The van der Waals surface area contributed by atoms with E-state index in [4.69, 9.17) is 19.2 Å². The first-order valence-corrected chi connectivity index (χ1v) is 14.8. The van der Waals surface area contributed by atoms with E-state index in [-0.39, 0.29) is 16.1 Å². The molecule has 0 aliphatic carbocycles. The van der Waals surface area contributed by atoms with Crippen molar-refractivity contribution in [1.29, 1.82) is 0 Å². The molecule has 4 rings (SSSR count). The monoisotopic (exact) mass is 591 g/mol. The maximum Gasteiger partial charge on any atom is 0.339 e. The highest BCUT2D eigenvalue weighted by Crippen LogP contribution is 2.33. The van der Waals surface area contributed by atoms with Crippen molar-refractivity contribution in [2.75, 3.05) is 39.2 Å². The zero-order valence-corrected chi connectivity index (χ0v) is 24.9. The number of carbonyl (C=O) groups excluding carboxylic acids is 2. The zero-order chi connectivity index (χ0) is 30.4. The second-order valence-corrected chi connectivity index (χ2v) is 11.2. The summed E-state index contributed by atoms with van der Waals surface area (Å²) in [5.74, 6) is -0.259. The molecule has 3 aromatic carbocycles. The fourth-order valence-electron chi connectivity index (χ4n) is 4.55. The molecular formula is C31H33N3O7S. The lowest BCUT2D eigenvalue weighted by Crippen LogP contribution is -2.31. The van der Waals surface area contributed by atoms with Gasteiger partial charge in [-0.15, -0.1) is 0 Å². The summed E-state index contributed by atoms with van der Waals surface area (Å²) >= 11 is 0. The first-order chi connectivity index (χ1) is 20.1. The van der Waals surface area contributed by atoms with E-state index in [0.29, 0.717) is 52.3 Å². The highest BCUT2D eigenvalue weighted by molar-refractivity contribution is 7.89. The summed E-state index contributed by atoms with van der Waals surface area (Å²) in [5.41, 5.74) is 2.84. The van der Waals surface area contributed by atoms with Crippen LogP contribution in [0.5, 0.6) is 11.5 Å². The summed E-state index contributed by atoms with van der Waals surface area (Å²) in [6, 6.07) is 18.7. The lowest BCUT2D eigenvalue weighted by molar-refractivity contribution is -0.119. The molecule has 11 heteroatoms. The van der Waals surface area contributed by atoms with E-state index >= 15 is 0 Å². The molecule has 220 valence electrons. The van der Waals surface area contributed by atoms with E-state index in [9.17, 15) is 18.0 Å². The van der Waals surface area contributed by atoms with Crippen LogP contribution in [0.2, 0.25) is 0 Å². The smallest absolute Gasteiger partial charge is 0.339 e. The number of ether oxygens (including phenoxy) is 3. The molecule has 0 aliphatic rings. The van der Waals surface area contributed by atoms with Crippen LogP contribution in [0.3, 0.4) is 0 Å². The largest absolute Gasteiger partial charge is 0.493 e. The van der Waals surface area contributed by atoms with Crippen molar-refractivity contribution in [2.45, 2.75) is 25.7 Å². The molecule has 1 aromatic heterocycles. The number of rotatable bonds is 11. The van der Waals surface area contributed by atoms with Crippen LogP contribution in [-0.4, -0.2) is 63.5 Å². The number of benzene rings is 3. The van der Waals surface area contributed by atoms with E-state index in [0.717, 1.165) is 0 Å². The number of nitrogens with one attached hydrogen (secondary N) is 1. The van der Waals surface area contributed by atoms with Gasteiger partial charge in [-0.25, -0.2) is 18.2 Å². The minimum absolute atomic E-state index is 0.104. The Morgan fingerprint density at radius 1 is 0.905 bits per heavy atom. The number of aromatic nitrogens is 1. The molecule has 0 atom stereocenters. The molecule has 4 aromatic rings. The molecule has 0 fully saturated rings. The lowest BCUT2D eigenvalue weighted by Gasteiger charge is -2.20. The first kappa shape index (κ1) is 30.5. The molecule has 0 saturated heterocycles. The Hall–Kier alpha value is -4.48. The van der Waals surface area contributed by atoms with Gasteiger partial charge >= 0.3 is 5.97 Å². The number of para-hydroxylation sites is 1. The van der Waals surface area contributed by atoms with Gasteiger partial charge in [-0.2, -0.15) is 4.31 Å². The third-order valence-corrected chi connectivity index (χ3v) is 8.94. The summed E-state index contributed by atoms with van der Waals surface area (Å²) in [6.07, 6.45) is 0. The average molecular weight is 592 g/mol. The van der Waals surface area contributed by atoms with Gasteiger partial charge < -0.3 is 19.5 Å². The van der Waals surface area contributed by atoms with E-state index in [2.05, 4.69) is 5.32 Å². The van der Waals surface area contributed by atoms with Crippen LogP contribution >= 0.6 is 0 Å². The number of hydrogen-bond donors (Lipinski definition) is 1. The Morgan fingerprint density at radius 2 is 1.62 bits per heavy atom. The fourth-order valence-corrected chi connectivity index (χ4v) is 6.26. The number of aryl methyl sites for hydroxylation is 1. The Morgan fingerprint density at radius 3 is 2.31 bits per heavy atom. The SMILES string of the molecule is CCN(CC)S(=O)(=O)c1cc(NC(=O)COC(=O)c2cc(-c3ccc(OC)c(OC)c3)nc3ccccc23)ccc1C. The van der Waals surface area contributed by atoms with Gasteiger partial charge in [0.1, 0.15) is 0 Å². The Labute approximate surface area is 245 Å². The van der Waals surface area contributed by atoms with Crippen molar-refractivity contribution in [2.24, 2.45) is 0 Å². The lowest BCUT2D eigenvalue weighted by atomic mass is 10.0. The number of nitrogens with zero attached hydrogens (tertiary/aromatic N) is 2. The standard InChI is InChI=1S/C31H33N3O7S/c1-6-34(7-2)42(37,38)29-17-22(14-12-20(29)3)32-30(35)19-41-31(36)24-18-26(33-25-11-9-8-10-23(24)25)21-13-15-27(39-4)28(16-21)40-5/h8-18H,6-7,19H2,1-5H3,(H,32,35). The maximum atomic E-state index is 13.2. The molecule has 10 nitrogen and oxygen atoms in total. The van der Waals surface area contributed by atoms with Gasteiger partial charge in [-0.05, 0) is 55.0 Å². The first-order valence-electron chi connectivity index (χ1n) is 13.3. The molecular weight excluding hydrogens is 558 g/mol. The maximum absolute atomic E-state index is 13.2. The molecule has 0 spiro atoms. The number of esters is 1. The minimum Gasteiger partial charge on any atom is -0.493 e. The van der Waals surface area contributed by atoms with E-state index in [1.54, 1.807) is 82.5 Å². The number of pyridine rings is 1. The van der Waals surface area contributed by atoms with Crippen LogP contribution in [-0.2, 0) is 19.6 Å². The fraction of sp³-hybridized carbons (Fsp3) is 0.258. The van der Waals surface area contributed by atoms with Crippen molar-refractivity contribution in [3.63, 3.8) is 0 Å². The Kier molecular flexibility index (Phi) is 9.44. The zero-order valence-electron chi connectivity index (χ0n) is 24.1. The van der Waals surface area contributed by atoms with Crippen LogP contribution in [0.1, 0.15) is 29.8 Å². The normalized spacial score (nSPS) is 11.4. The highest BCUT2D eigenvalue weighted by atomic mass is 32.2. The Bertz CT molecular complexity index is 1730. The summed E-state index contributed by atoms with van der Waals surface area (Å²) in [4.78, 5) is 30.8. The van der Waals surface area contributed by atoms with Crippen LogP contribution in [0.25, 0.3) is 22.2 Å². The second kappa shape index (κ2) is 13.0. The van der Waals surface area contributed by atoms with Crippen LogP contribution < -0.4 is 14.8 Å². The molecule has 0 unspecified atom stereocenters. The van der Waals surface area contributed by atoms with Gasteiger partial charge in [0, 0.05) is 29.7 Å². The molecule has 1 heterocycles. The van der Waals surface area contributed by atoms with Crippen molar-refractivity contribution in [3.8, 4) is 22.8 Å². The van der Waals surface area contributed by atoms with Crippen LogP contribution in [0.15, 0.2) is 71.6 Å². The summed E-state index contributed by atoms with van der Waals surface area (Å²) in [7, 11) is -0.656. The van der Waals surface area contributed by atoms with E-state index in [1.165, 1.54) is 17.5 Å². The number of anilines is 1. The van der Waals surface area contributed by atoms with Gasteiger partial charge in [0.25, 0.3) is 5.91 Å². The van der Waals surface area contributed by atoms with Gasteiger partial charge in [0.15, 0.2) is 18.1 Å². The number of methoxy groups -OCH3 is 2. The van der Waals surface area contributed by atoms with Crippen molar-refractivity contribution in [3.05, 3.63) is 77.9 Å². The number of sulfonamides is 1. The summed E-state index contributed by atoms with van der Waals surface area (Å²) in [5, 5.41) is 3.19. The quantitative estimate of drug-likeness (QED) is 0.240. The van der Waals surface area contributed by atoms with E-state index in [1.807, 2.05) is 6.07 Å². The highest BCUT2D eigenvalue weighted by Gasteiger charge is 2.24. The molecule has 1 N–H and O–H groups in total. The van der Waals surface area contributed by atoms with Crippen LogP contribution in [0.4, 0.5) is 5.69 Å².